The van der Waals surface area contributed by atoms with Crippen molar-refractivity contribution in [1.29, 1.82) is 0 Å². The van der Waals surface area contributed by atoms with Gasteiger partial charge in [-0.15, -0.1) is 0 Å². The number of carbonyl (C=O) groups is 1. The van der Waals surface area contributed by atoms with Crippen LogP contribution in [0.5, 0.6) is 0 Å². The minimum Gasteiger partial charge on any atom is -0.348 e. The molecule has 0 bridgehead atoms. The number of amides is 1. The number of hydrogen-bond donors (Lipinski definition) is 2. The maximum absolute atomic E-state index is 11.8. The third kappa shape index (κ3) is 3.81. The molecule has 4 nitrogen and oxygen atoms in total. The van der Waals surface area contributed by atoms with Crippen molar-refractivity contribution >= 4 is 5.91 Å². The Hall–Kier alpha value is -1.42. The first-order valence-corrected chi connectivity index (χ1v) is 6.68. The molecule has 1 aromatic rings. The standard InChI is InChI=1S/C14H21N3O/c1-11(12-6-8-15-9-7-12)17-14(18)10-16-13-4-2-3-5-13/h6-9,11,13,16H,2-5,10H2,1H3,(H,17,18)/t11-/m1/s1. The van der Waals surface area contributed by atoms with Gasteiger partial charge in [0, 0.05) is 18.4 Å². The Morgan fingerprint density at radius 3 is 2.72 bits per heavy atom. The lowest BCUT2D eigenvalue weighted by atomic mass is 10.1. The molecule has 0 spiro atoms. The van der Waals surface area contributed by atoms with Gasteiger partial charge in [0.25, 0.3) is 0 Å². The minimum atomic E-state index is 0.0332. The highest BCUT2D eigenvalue weighted by Gasteiger charge is 2.16. The van der Waals surface area contributed by atoms with E-state index in [0.29, 0.717) is 12.6 Å². The zero-order valence-corrected chi connectivity index (χ0v) is 10.9. The van der Waals surface area contributed by atoms with Crippen LogP contribution in [0.15, 0.2) is 24.5 Å². The molecule has 1 atom stereocenters. The van der Waals surface area contributed by atoms with Crippen LogP contribution < -0.4 is 10.6 Å². The molecule has 2 rings (SSSR count). The van der Waals surface area contributed by atoms with Crippen LogP contribution in [0.25, 0.3) is 0 Å². The summed E-state index contributed by atoms with van der Waals surface area (Å²) in [5.41, 5.74) is 1.08. The van der Waals surface area contributed by atoms with E-state index in [1.807, 2.05) is 19.1 Å². The van der Waals surface area contributed by atoms with Crippen molar-refractivity contribution in [2.24, 2.45) is 0 Å². The Labute approximate surface area is 108 Å². The average molecular weight is 247 g/mol. The largest absolute Gasteiger partial charge is 0.348 e. The maximum atomic E-state index is 11.8. The number of hydrogen-bond acceptors (Lipinski definition) is 3. The van der Waals surface area contributed by atoms with E-state index in [-0.39, 0.29) is 11.9 Å². The summed E-state index contributed by atoms with van der Waals surface area (Å²) in [7, 11) is 0. The molecule has 1 amide bonds. The molecular weight excluding hydrogens is 226 g/mol. The summed E-state index contributed by atoms with van der Waals surface area (Å²) < 4.78 is 0. The quantitative estimate of drug-likeness (QED) is 0.834. The molecule has 18 heavy (non-hydrogen) atoms. The normalized spacial score (nSPS) is 17.6. The second-order valence-electron chi connectivity index (χ2n) is 4.93. The lowest BCUT2D eigenvalue weighted by Gasteiger charge is -2.16. The van der Waals surface area contributed by atoms with Crippen molar-refractivity contribution in [1.82, 2.24) is 15.6 Å². The van der Waals surface area contributed by atoms with Crippen LogP contribution in [-0.2, 0) is 4.79 Å². The molecule has 1 aliphatic carbocycles. The van der Waals surface area contributed by atoms with Crippen LogP contribution in [0.2, 0.25) is 0 Å². The Morgan fingerprint density at radius 1 is 1.39 bits per heavy atom. The fourth-order valence-electron chi connectivity index (χ4n) is 2.39. The summed E-state index contributed by atoms with van der Waals surface area (Å²) in [5, 5.41) is 6.30. The number of nitrogens with one attached hydrogen (secondary N) is 2. The van der Waals surface area contributed by atoms with Gasteiger partial charge in [0.05, 0.1) is 12.6 Å². The Bertz CT molecular complexity index is 374. The van der Waals surface area contributed by atoms with Crippen molar-refractivity contribution < 1.29 is 4.79 Å². The van der Waals surface area contributed by atoms with Gasteiger partial charge in [0.2, 0.25) is 5.91 Å². The van der Waals surface area contributed by atoms with E-state index < -0.39 is 0 Å². The van der Waals surface area contributed by atoms with Crippen LogP contribution in [0.1, 0.15) is 44.2 Å². The van der Waals surface area contributed by atoms with E-state index in [4.69, 9.17) is 0 Å². The monoisotopic (exact) mass is 247 g/mol. The fourth-order valence-corrected chi connectivity index (χ4v) is 2.39. The molecule has 1 aliphatic rings. The summed E-state index contributed by atoms with van der Waals surface area (Å²) in [6.07, 6.45) is 8.46. The van der Waals surface area contributed by atoms with Gasteiger partial charge in [0.15, 0.2) is 0 Å². The van der Waals surface area contributed by atoms with Crippen LogP contribution >= 0.6 is 0 Å². The maximum Gasteiger partial charge on any atom is 0.234 e. The summed E-state index contributed by atoms with van der Waals surface area (Å²) in [4.78, 5) is 15.8. The van der Waals surface area contributed by atoms with Gasteiger partial charge in [-0.05, 0) is 37.5 Å². The summed E-state index contributed by atoms with van der Waals surface area (Å²) in [6, 6.07) is 4.42. The molecule has 1 heterocycles. The second-order valence-corrected chi connectivity index (χ2v) is 4.93. The van der Waals surface area contributed by atoms with Crippen molar-refractivity contribution in [3.8, 4) is 0 Å². The zero-order chi connectivity index (χ0) is 12.8. The van der Waals surface area contributed by atoms with Crippen molar-refractivity contribution in [3.05, 3.63) is 30.1 Å². The predicted molar refractivity (Wildman–Crippen MR) is 71.1 cm³/mol. The Morgan fingerprint density at radius 2 is 2.06 bits per heavy atom. The Balaban J connectivity index is 1.73. The third-order valence-electron chi connectivity index (χ3n) is 3.49. The number of carbonyl (C=O) groups excluding carboxylic acids is 1. The van der Waals surface area contributed by atoms with Gasteiger partial charge in [-0.25, -0.2) is 0 Å². The summed E-state index contributed by atoms with van der Waals surface area (Å²) in [5.74, 6) is 0.0613. The third-order valence-corrected chi connectivity index (χ3v) is 3.49. The van der Waals surface area contributed by atoms with E-state index in [9.17, 15) is 4.79 Å². The number of pyridine rings is 1. The lowest BCUT2D eigenvalue weighted by molar-refractivity contribution is -0.121. The molecule has 1 aromatic heterocycles. The van der Waals surface area contributed by atoms with Gasteiger partial charge in [-0.3, -0.25) is 9.78 Å². The van der Waals surface area contributed by atoms with Crippen LogP contribution in [0.3, 0.4) is 0 Å². The topological polar surface area (TPSA) is 54.0 Å². The van der Waals surface area contributed by atoms with E-state index in [1.165, 1.54) is 25.7 Å². The van der Waals surface area contributed by atoms with Crippen LogP contribution in [0.4, 0.5) is 0 Å². The molecule has 1 fully saturated rings. The fraction of sp³-hybridized carbons (Fsp3) is 0.571. The molecule has 4 heteroatoms. The van der Waals surface area contributed by atoms with Gasteiger partial charge in [-0.1, -0.05) is 12.8 Å². The van der Waals surface area contributed by atoms with E-state index in [1.54, 1.807) is 12.4 Å². The van der Waals surface area contributed by atoms with Crippen LogP contribution in [-0.4, -0.2) is 23.5 Å². The highest BCUT2D eigenvalue weighted by atomic mass is 16.1. The molecule has 1 saturated carbocycles. The SMILES string of the molecule is C[C@@H](NC(=O)CNC1CCCC1)c1ccncc1. The highest BCUT2D eigenvalue weighted by Crippen LogP contribution is 2.17. The van der Waals surface area contributed by atoms with Crippen molar-refractivity contribution in [2.75, 3.05) is 6.54 Å². The predicted octanol–water partition coefficient (Wildman–Crippen LogP) is 1.79. The second kappa shape index (κ2) is 6.50. The first-order chi connectivity index (χ1) is 8.75. The van der Waals surface area contributed by atoms with E-state index in [0.717, 1.165) is 5.56 Å². The smallest absolute Gasteiger partial charge is 0.234 e. The first kappa shape index (κ1) is 13.0. The average Bonchev–Trinajstić information content (AvgIpc) is 2.90. The first-order valence-electron chi connectivity index (χ1n) is 6.68. The molecule has 0 unspecified atom stereocenters. The molecular formula is C14H21N3O. The molecule has 98 valence electrons. The number of aromatic nitrogens is 1. The molecule has 0 aliphatic heterocycles. The zero-order valence-electron chi connectivity index (χ0n) is 10.9. The van der Waals surface area contributed by atoms with Gasteiger partial charge in [0.1, 0.15) is 0 Å². The molecule has 0 aromatic carbocycles. The van der Waals surface area contributed by atoms with Gasteiger partial charge >= 0.3 is 0 Å². The molecule has 0 saturated heterocycles. The molecule has 2 N–H and O–H groups in total. The number of rotatable bonds is 5. The Kier molecular flexibility index (Phi) is 4.70. The van der Waals surface area contributed by atoms with Gasteiger partial charge in [-0.2, -0.15) is 0 Å². The van der Waals surface area contributed by atoms with Gasteiger partial charge < -0.3 is 10.6 Å². The van der Waals surface area contributed by atoms with Crippen molar-refractivity contribution in [2.45, 2.75) is 44.7 Å². The summed E-state index contributed by atoms with van der Waals surface area (Å²) >= 11 is 0. The minimum absolute atomic E-state index is 0.0332. The van der Waals surface area contributed by atoms with Crippen LogP contribution in [0, 0.1) is 0 Å². The molecule has 0 radical (unpaired) electrons. The number of nitrogens with zero attached hydrogens (tertiary/aromatic N) is 1. The van der Waals surface area contributed by atoms with E-state index in [2.05, 4.69) is 15.6 Å². The van der Waals surface area contributed by atoms with E-state index >= 15 is 0 Å². The summed E-state index contributed by atoms with van der Waals surface area (Å²) in [6.45, 7) is 2.41. The van der Waals surface area contributed by atoms with Crippen molar-refractivity contribution in [3.63, 3.8) is 0 Å². The highest BCUT2D eigenvalue weighted by molar-refractivity contribution is 5.78. The lowest BCUT2D eigenvalue weighted by Crippen LogP contribution is -2.39.